The average Bonchev–Trinajstić information content (AvgIpc) is 2.54. The van der Waals surface area contributed by atoms with Crippen molar-refractivity contribution in [1.29, 1.82) is 0 Å². The predicted octanol–water partition coefficient (Wildman–Crippen LogP) is 3.82. The quantitative estimate of drug-likeness (QED) is 0.558. The van der Waals surface area contributed by atoms with E-state index in [2.05, 4.69) is 93.6 Å². The molecule has 3 aromatic rings. The zero-order valence-corrected chi connectivity index (χ0v) is 17.4. The number of hydrogen-bond acceptors (Lipinski definition) is 0. The van der Waals surface area contributed by atoms with Crippen LogP contribution in [-0.2, 0) is 0 Å². The first-order valence-corrected chi connectivity index (χ1v) is 15.8. The fraction of sp³-hybridized carbons (Fsp3) is 0.143. The summed E-state index contributed by atoms with van der Waals surface area (Å²) in [5.41, 5.74) is 3.80. The number of benzene rings is 3. The molecule has 0 aliphatic heterocycles. The molecule has 0 spiro atoms. The van der Waals surface area contributed by atoms with Crippen LogP contribution >= 0.6 is 8.92 Å². The van der Waals surface area contributed by atoms with E-state index in [1.54, 1.807) is 0 Å². The minimum absolute atomic E-state index is 1.27. The molecule has 0 saturated carbocycles. The van der Waals surface area contributed by atoms with Crippen LogP contribution < -0.4 is 10.7 Å². The van der Waals surface area contributed by atoms with Gasteiger partial charge < -0.3 is 0 Å². The Labute approximate surface area is 146 Å². The van der Waals surface area contributed by atoms with Crippen LogP contribution in [-0.4, -0.2) is 17.3 Å². The Kier molecular flexibility index (Phi) is 4.84. The van der Waals surface area contributed by atoms with E-state index in [1.807, 2.05) is 0 Å². The van der Waals surface area contributed by atoms with Crippen molar-refractivity contribution in [3.63, 3.8) is 0 Å². The number of hydrogen-bond donors (Lipinski definition) is 0. The van der Waals surface area contributed by atoms with E-state index in [-0.39, 0.29) is 0 Å². The minimum atomic E-state index is -3.43. The summed E-state index contributed by atoms with van der Waals surface area (Å²) in [6.45, 7) is 6.41. The molecule has 23 heavy (non-hydrogen) atoms. The van der Waals surface area contributed by atoms with E-state index in [9.17, 15) is 0 Å². The molecule has 2 heteroatoms. The second-order valence-electron chi connectivity index (χ2n) is 6.27. The van der Waals surface area contributed by atoms with Gasteiger partial charge in [0.25, 0.3) is 0 Å². The molecule has 0 atom stereocenters. The summed E-state index contributed by atoms with van der Waals surface area (Å²) >= 11 is -3.43. The predicted molar refractivity (Wildman–Crippen MR) is 104 cm³/mol. The molecule has 116 valence electrons. The summed E-state index contributed by atoms with van der Waals surface area (Å²) in [6, 6.07) is 26.2. The standard InChI is InChI=1S/3C7H7.ClH.Sn/c3*1-7-5-3-2-4-6-7;;/h3*2-3,5-6H,1H3;1H;/q;;;;+1/p-1. The first-order valence-electron chi connectivity index (χ1n) is 7.90. The van der Waals surface area contributed by atoms with Crippen LogP contribution in [0.15, 0.2) is 72.8 Å². The van der Waals surface area contributed by atoms with Crippen molar-refractivity contribution in [2.75, 3.05) is 0 Å². The normalized spacial score (nSPS) is 11.5. The third-order valence-electron chi connectivity index (χ3n) is 4.25. The molecule has 0 nitrogen and oxygen atoms in total. The van der Waals surface area contributed by atoms with Gasteiger partial charge in [-0.2, -0.15) is 0 Å². The molecule has 0 aliphatic rings. The first kappa shape index (κ1) is 16.6. The summed E-state index contributed by atoms with van der Waals surface area (Å²) in [5.74, 6) is 0. The van der Waals surface area contributed by atoms with Gasteiger partial charge in [-0.25, -0.2) is 0 Å². The van der Waals surface area contributed by atoms with Crippen LogP contribution in [0, 0.1) is 20.8 Å². The molecule has 0 aliphatic carbocycles. The molecule has 0 N–H and O–H groups in total. The van der Waals surface area contributed by atoms with E-state index in [1.165, 1.54) is 27.4 Å². The van der Waals surface area contributed by atoms with Crippen molar-refractivity contribution >= 4 is 36.9 Å². The molecule has 3 rings (SSSR count). The van der Waals surface area contributed by atoms with Crippen molar-refractivity contribution in [2.24, 2.45) is 0 Å². The Morgan fingerprint density at radius 2 is 0.870 bits per heavy atom. The number of halogens is 1. The summed E-state index contributed by atoms with van der Waals surface area (Å²) < 4.78 is 3.95. The molecule has 0 bridgehead atoms. The molecule has 0 heterocycles. The molecule has 0 saturated heterocycles. The summed E-state index contributed by atoms with van der Waals surface area (Å²) in [7, 11) is 7.54. The Morgan fingerprint density at radius 1 is 0.565 bits per heavy atom. The number of rotatable bonds is 3. The molecule has 0 unspecified atom stereocenters. The third-order valence-corrected chi connectivity index (χ3v) is 18.1. The summed E-state index contributed by atoms with van der Waals surface area (Å²) in [5, 5.41) is 0. The Bertz CT molecular complexity index is 728. The SMILES string of the molecule is Cc1ccc[c]([Sn]([Cl])([c]2cccc(C)c2)[c]2cccc(C)c2)c1. The fourth-order valence-corrected chi connectivity index (χ4v) is 14.7. The second-order valence-corrected chi connectivity index (χ2v) is 18.8. The van der Waals surface area contributed by atoms with E-state index in [4.69, 9.17) is 8.92 Å². The van der Waals surface area contributed by atoms with Gasteiger partial charge in [-0.15, -0.1) is 0 Å². The fourth-order valence-electron chi connectivity index (χ4n) is 3.08. The van der Waals surface area contributed by atoms with Crippen LogP contribution in [0.3, 0.4) is 0 Å². The second kappa shape index (κ2) is 6.70. The zero-order chi connectivity index (χ0) is 16.4. The number of aryl methyl sites for hydroxylation is 3. The van der Waals surface area contributed by atoms with Crippen molar-refractivity contribution in [1.82, 2.24) is 0 Å². The van der Waals surface area contributed by atoms with Crippen molar-refractivity contribution < 1.29 is 0 Å². The van der Waals surface area contributed by atoms with Crippen molar-refractivity contribution in [3.05, 3.63) is 89.5 Å². The first-order chi connectivity index (χ1) is 11.0. The van der Waals surface area contributed by atoms with Gasteiger partial charge in [-0.3, -0.25) is 0 Å². The van der Waals surface area contributed by atoms with E-state index in [0.29, 0.717) is 0 Å². The maximum absolute atomic E-state index is 7.54. The summed E-state index contributed by atoms with van der Waals surface area (Å²) in [4.78, 5) is 0. The van der Waals surface area contributed by atoms with E-state index < -0.39 is 17.3 Å². The van der Waals surface area contributed by atoms with Gasteiger partial charge in [0.15, 0.2) is 0 Å². The van der Waals surface area contributed by atoms with E-state index in [0.717, 1.165) is 0 Å². The Morgan fingerprint density at radius 3 is 1.13 bits per heavy atom. The van der Waals surface area contributed by atoms with Crippen LogP contribution in [0.5, 0.6) is 0 Å². The van der Waals surface area contributed by atoms with Gasteiger partial charge in [-0.1, -0.05) is 0 Å². The van der Waals surface area contributed by atoms with Gasteiger partial charge >= 0.3 is 147 Å². The van der Waals surface area contributed by atoms with Crippen molar-refractivity contribution in [2.45, 2.75) is 20.8 Å². The van der Waals surface area contributed by atoms with Crippen LogP contribution in [0.25, 0.3) is 0 Å². The topological polar surface area (TPSA) is 0 Å². The monoisotopic (exact) mass is 428 g/mol. The molecular weight excluding hydrogens is 406 g/mol. The van der Waals surface area contributed by atoms with E-state index >= 15 is 0 Å². The van der Waals surface area contributed by atoms with Gasteiger partial charge in [0.2, 0.25) is 0 Å². The van der Waals surface area contributed by atoms with Gasteiger partial charge in [0, 0.05) is 0 Å². The van der Waals surface area contributed by atoms with Crippen LogP contribution in [0.1, 0.15) is 16.7 Å². The molecule has 3 aromatic carbocycles. The molecule has 0 fully saturated rings. The molecule has 0 amide bonds. The zero-order valence-electron chi connectivity index (χ0n) is 13.8. The average molecular weight is 428 g/mol. The molecule has 0 aromatic heterocycles. The van der Waals surface area contributed by atoms with Crippen molar-refractivity contribution in [3.8, 4) is 0 Å². The van der Waals surface area contributed by atoms with Gasteiger partial charge in [0.05, 0.1) is 0 Å². The third kappa shape index (κ3) is 3.34. The molecule has 0 radical (unpaired) electrons. The summed E-state index contributed by atoms with van der Waals surface area (Å²) in [6.07, 6.45) is 0. The molecular formula is C21H21ClSn. The Balaban J connectivity index is 2.29. The van der Waals surface area contributed by atoms with Crippen LogP contribution in [0.4, 0.5) is 0 Å². The maximum atomic E-state index is 7.54. The van der Waals surface area contributed by atoms with Crippen LogP contribution in [0.2, 0.25) is 0 Å². The Hall–Kier alpha value is -1.25. The van der Waals surface area contributed by atoms with Gasteiger partial charge in [0.1, 0.15) is 0 Å². The van der Waals surface area contributed by atoms with Gasteiger partial charge in [-0.05, 0) is 0 Å².